The number of benzene rings is 2. The van der Waals surface area contributed by atoms with Gasteiger partial charge in [-0.1, -0.05) is 18.2 Å². The van der Waals surface area contributed by atoms with Crippen LogP contribution in [0.4, 0.5) is 5.69 Å². The van der Waals surface area contributed by atoms with Crippen LogP contribution in [0.3, 0.4) is 0 Å². The predicted molar refractivity (Wildman–Crippen MR) is 82.6 cm³/mol. The van der Waals surface area contributed by atoms with Crippen LogP contribution in [0.2, 0.25) is 0 Å². The molecule has 0 spiro atoms. The Morgan fingerprint density at radius 2 is 1.95 bits per heavy atom. The van der Waals surface area contributed by atoms with Crippen molar-refractivity contribution in [2.24, 2.45) is 0 Å². The molecule has 0 atom stereocenters. The number of hydrogen-bond donors (Lipinski definition) is 1. The van der Waals surface area contributed by atoms with Gasteiger partial charge in [-0.05, 0) is 30.3 Å². The summed E-state index contributed by atoms with van der Waals surface area (Å²) in [6.07, 6.45) is 1.57. The number of pyridine rings is 1. The summed E-state index contributed by atoms with van der Waals surface area (Å²) in [5, 5.41) is 0.921. The monoisotopic (exact) mass is 278 g/mol. The summed E-state index contributed by atoms with van der Waals surface area (Å²) in [4.78, 5) is 16.9. The summed E-state index contributed by atoms with van der Waals surface area (Å²) in [6, 6.07) is 14.5. The molecule has 0 aliphatic heterocycles. The largest absolute Gasteiger partial charge is 0.497 e. The van der Waals surface area contributed by atoms with Crippen LogP contribution in [-0.4, -0.2) is 17.9 Å². The van der Waals surface area contributed by atoms with Crippen LogP contribution >= 0.6 is 0 Å². The van der Waals surface area contributed by atoms with Gasteiger partial charge in [-0.2, -0.15) is 0 Å². The van der Waals surface area contributed by atoms with Crippen LogP contribution in [0.1, 0.15) is 15.9 Å². The number of nitrogen functional groups attached to an aromatic ring is 1. The first-order valence-corrected chi connectivity index (χ1v) is 6.52. The van der Waals surface area contributed by atoms with Gasteiger partial charge in [0.25, 0.3) is 0 Å². The minimum Gasteiger partial charge on any atom is -0.497 e. The highest BCUT2D eigenvalue weighted by Crippen LogP contribution is 2.23. The molecular weight excluding hydrogens is 264 g/mol. The van der Waals surface area contributed by atoms with Crippen molar-refractivity contribution in [1.82, 2.24) is 4.98 Å². The van der Waals surface area contributed by atoms with Gasteiger partial charge in [-0.3, -0.25) is 9.78 Å². The molecule has 2 N–H and O–H groups in total. The standard InChI is InChI=1S/C17H14N2O2/c1-21-13-6-7-15(18)14(9-13)17(20)12-8-11-4-2-3-5-16(11)19-10-12/h2-10H,18H2,1H3. The van der Waals surface area contributed by atoms with Gasteiger partial charge < -0.3 is 10.5 Å². The molecule has 1 aromatic heterocycles. The van der Waals surface area contributed by atoms with E-state index in [1.807, 2.05) is 30.3 Å². The van der Waals surface area contributed by atoms with Crippen LogP contribution in [-0.2, 0) is 0 Å². The molecule has 2 aromatic carbocycles. The lowest BCUT2D eigenvalue weighted by molar-refractivity contribution is 0.103. The number of rotatable bonds is 3. The third-order valence-corrected chi connectivity index (χ3v) is 3.36. The second-order valence-corrected chi connectivity index (χ2v) is 4.70. The summed E-state index contributed by atoms with van der Waals surface area (Å²) in [5.41, 5.74) is 8.11. The molecule has 0 aliphatic rings. The van der Waals surface area contributed by atoms with E-state index in [4.69, 9.17) is 10.5 Å². The Kier molecular flexibility index (Phi) is 3.28. The maximum absolute atomic E-state index is 12.6. The van der Waals surface area contributed by atoms with Crippen LogP contribution in [0, 0.1) is 0 Å². The fourth-order valence-electron chi connectivity index (χ4n) is 2.21. The normalized spacial score (nSPS) is 10.5. The smallest absolute Gasteiger partial charge is 0.196 e. The first-order valence-electron chi connectivity index (χ1n) is 6.52. The number of anilines is 1. The Balaban J connectivity index is 2.07. The average molecular weight is 278 g/mol. The zero-order chi connectivity index (χ0) is 14.8. The molecule has 21 heavy (non-hydrogen) atoms. The molecule has 3 aromatic rings. The maximum atomic E-state index is 12.6. The van der Waals surface area contributed by atoms with Crippen molar-refractivity contribution in [2.75, 3.05) is 12.8 Å². The Morgan fingerprint density at radius 3 is 2.76 bits per heavy atom. The summed E-state index contributed by atoms with van der Waals surface area (Å²) < 4.78 is 5.14. The van der Waals surface area contributed by atoms with E-state index in [9.17, 15) is 4.79 Å². The van der Waals surface area contributed by atoms with E-state index in [2.05, 4.69) is 4.98 Å². The number of fused-ring (bicyclic) bond motifs is 1. The molecule has 1 heterocycles. The third-order valence-electron chi connectivity index (χ3n) is 3.36. The van der Waals surface area contributed by atoms with E-state index in [1.54, 1.807) is 31.5 Å². The van der Waals surface area contributed by atoms with Gasteiger partial charge in [0.1, 0.15) is 5.75 Å². The van der Waals surface area contributed by atoms with Crippen molar-refractivity contribution in [3.05, 3.63) is 65.9 Å². The van der Waals surface area contributed by atoms with E-state index in [1.165, 1.54) is 0 Å². The number of hydrogen-bond acceptors (Lipinski definition) is 4. The number of methoxy groups -OCH3 is 1. The van der Waals surface area contributed by atoms with Crippen molar-refractivity contribution in [1.29, 1.82) is 0 Å². The number of ether oxygens (including phenoxy) is 1. The fourth-order valence-corrected chi connectivity index (χ4v) is 2.21. The SMILES string of the molecule is COc1ccc(N)c(C(=O)c2cnc3ccccc3c2)c1. The number of ketones is 1. The summed E-state index contributed by atoms with van der Waals surface area (Å²) in [5.74, 6) is 0.436. The van der Waals surface area contributed by atoms with E-state index < -0.39 is 0 Å². The minimum atomic E-state index is -0.162. The van der Waals surface area contributed by atoms with Gasteiger partial charge in [0.15, 0.2) is 5.78 Å². The number of carbonyl (C=O) groups is 1. The van der Waals surface area contributed by atoms with Crippen LogP contribution in [0.5, 0.6) is 5.75 Å². The first-order chi connectivity index (χ1) is 10.2. The maximum Gasteiger partial charge on any atom is 0.196 e. The third kappa shape index (κ3) is 2.43. The molecule has 4 nitrogen and oxygen atoms in total. The molecule has 0 unspecified atom stereocenters. The lowest BCUT2D eigenvalue weighted by atomic mass is 10.0. The molecule has 0 saturated heterocycles. The Bertz CT molecular complexity index is 828. The number of aromatic nitrogens is 1. The molecule has 0 saturated carbocycles. The molecule has 0 fully saturated rings. The van der Waals surface area contributed by atoms with E-state index in [-0.39, 0.29) is 5.78 Å². The van der Waals surface area contributed by atoms with Gasteiger partial charge in [0.05, 0.1) is 12.6 Å². The summed E-state index contributed by atoms with van der Waals surface area (Å²) in [7, 11) is 1.55. The lowest BCUT2D eigenvalue weighted by Crippen LogP contribution is -2.06. The second kappa shape index (κ2) is 5.25. The average Bonchev–Trinajstić information content (AvgIpc) is 2.54. The molecule has 0 radical (unpaired) electrons. The van der Waals surface area contributed by atoms with Crippen LogP contribution < -0.4 is 10.5 Å². The van der Waals surface area contributed by atoms with Crippen molar-refractivity contribution >= 4 is 22.4 Å². The fraction of sp³-hybridized carbons (Fsp3) is 0.0588. The number of nitrogens with zero attached hydrogens (tertiary/aromatic N) is 1. The number of carbonyl (C=O) groups excluding carboxylic acids is 1. The topological polar surface area (TPSA) is 65.2 Å². The van der Waals surface area contributed by atoms with Gasteiger partial charge in [0, 0.05) is 28.4 Å². The quantitative estimate of drug-likeness (QED) is 0.590. The Labute approximate surface area is 122 Å². The van der Waals surface area contributed by atoms with Crippen molar-refractivity contribution in [3.63, 3.8) is 0 Å². The number of para-hydroxylation sites is 1. The first kappa shape index (κ1) is 13.1. The molecule has 0 bridgehead atoms. The molecule has 0 amide bonds. The van der Waals surface area contributed by atoms with Crippen molar-refractivity contribution in [3.8, 4) is 5.75 Å². The highest BCUT2D eigenvalue weighted by Gasteiger charge is 2.14. The van der Waals surface area contributed by atoms with Crippen LogP contribution in [0.25, 0.3) is 10.9 Å². The van der Waals surface area contributed by atoms with Gasteiger partial charge >= 0.3 is 0 Å². The predicted octanol–water partition coefficient (Wildman–Crippen LogP) is 3.06. The zero-order valence-corrected chi connectivity index (χ0v) is 11.5. The van der Waals surface area contributed by atoms with Crippen LogP contribution in [0.15, 0.2) is 54.7 Å². The van der Waals surface area contributed by atoms with Crippen molar-refractivity contribution in [2.45, 2.75) is 0 Å². The highest BCUT2D eigenvalue weighted by atomic mass is 16.5. The minimum absolute atomic E-state index is 0.162. The van der Waals surface area contributed by atoms with Gasteiger partial charge in [-0.15, -0.1) is 0 Å². The molecular formula is C17H14N2O2. The number of nitrogens with two attached hydrogens (primary N) is 1. The Hall–Kier alpha value is -2.88. The van der Waals surface area contributed by atoms with Gasteiger partial charge in [0.2, 0.25) is 0 Å². The summed E-state index contributed by atoms with van der Waals surface area (Å²) >= 11 is 0. The Morgan fingerprint density at radius 1 is 1.14 bits per heavy atom. The van der Waals surface area contributed by atoms with E-state index in [0.717, 1.165) is 10.9 Å². The van der Waals surface area contributed by atoms with Crippen molar-refractivity contribution < 1.29 is 9.53 Å². The molecule has 0 aliphatic carbocycles. The molecule has 4 heteroatoms. The lowest BCUT2D eigenvalue weighted by Gasteiger charge is -2.08. The molecule has 3 rings (SSSR count). The van der Waals surface area contributed by atoms with E-state index >= 15 is 0 Å². The van der Waals surface area contributed by atoms with E-state index in [0.29, 0.717) is 22.6 Å². The zero-order valence-electron chi connectivity index (χ0n) is 11.5. The molecule has 104 valence electrons. The second-order valence-electron chi connectivity index (χ2n) is 4.70. The summed E-state index contributed by atoms with van der Waals surface area (Å²) in [6.45, 7) is 0. The highest BCUT2D eigenvalue weighted by molar-refractivity contribution is 6.13. The van der Waals surface area contributed by atoms with Gasteiger partial charge in [-0.25, -0.2) is 0 Å².